The Hall–Kier alpha value is -7.56. The molecule has 0 aromatic carbocycles. The van der Waals surface area contributed by atoms with E-state index in [-0.39, 0.29) is 42.6 Å². The number of amides is 4. The SMILES string of the molecule is CCC(=O)N1CCN(C(=O)C(=O)c2c[nH]c3c(-n4cnc(C)n4)ncc(OC)c23)CC1.COCC(=O)N1CCN(C(=O)C(=O)c2c[nH]c3c(-n4cnc(C)n4)ncc(OC)c23)CC1. The minimum absolute atomic E-state index is 0.0102. The van der Waals surface area contributed by atoms with Gasteiger partial charge >= 0.3 is 0 Å². The third kappa shape index (κ3) is 8.67. The van der Waals surface area contributed by atoms with Crippen LogP contribution in [0.25, 0.3) is 33.4 Å². The maximum absolute atomic E-state index is 13.1. The number of carbonyl (C=O) groups is 6. The number of aromatic amines is 2. The molecular weight excluding hydrogens is 821 g/mol. The number of carbonyl (C=O) groups excluding carboxylic acids is 6. The van der Waals surface area contributed by atoms with Gasteiger partial charge in [-0.15, -0.1) is 0 Å². The summed E-state index contributed by atoms with van der Waals surface area (Å²) in [6.45, 7) is 8.01. The van der Waals surface area contributed by atoms with Crippen molar-refractivity contribution in [3.05, 3.63) is 60.2 Å². The standard InChI is InChI=1S/C20H23N7O5.C20H23N7O4/c1-12-23-11-27(24-12)19-17-16(14(32-3)9-22-19)13(8-21-17)18(29)20(30)26-6-4-25(5-7-26)15(28)10-31-2;1-4-15(28)25-5-7-26(8-6-25)20(30)18(29)13-9-21-17-16(13)14(31-3)10-22-19(17)27-11-23-12(2)24-27/h8-9,11,21H,4-7,10H2,1-3H3;9-11,21H,4-8H2,1-3H3. The molecule has 0 spiro atoms. The zero-order valence-corrected chi connectivity index (χ0v) is 35.6. The topological polar surface area (TPSA) is 262 Å². The monoisotopic (exact) mass is 866 g/mol. The first kappa shape index (κ1) is 43.5. The number of aryl methyl sites for hydroxylation is 2. The highest BCUT2D eigenvalue weighted by molar-refractivity contribution is 6.46. The van der Waals surface area contributed by atoms with Gasteiger partial charge in [0.15, 0.2) is 11.6 Å². The van der Waals surface area contributed by atoms with Crippen LogP contribution >= 0.6 is 0 Å². The smallest absolute Gasteiger partial charge is 0.295 e. The zero-order chi connectivity index (χ0) is 44.9. The number of fused-ring (bicyclic) bond motifs is 2. The molecule has 0 saturated carbocycles. The molecule has 330 valence electrons. The number of hydrogen-bond donors (Lipinski definition) is 2. The maximum Gasteiger partial charge on any atom is 0.295 e. The summed E-state index contributed by atoms with van der Waals surface area (Å²) >= 11 is 0. The Morgan fingerprint density at radius 3 is 1.33 bits per heavy atom. The second kappa shape index (κ2) is 18.6. The summed E-state index contributed by atoms with van der Waals surface area (Å²) in [4.78, 5) is 105. The van der Waals surface area contributed by atoms with Gasteiger partial charge in [0.05, 0.1) is 59.5 Å². The largest absolute Gasteiger partial charge is 0.494 e. The lowest BCUT2D eigenvalue weighted by Crippen LogP contribution is -2.52. The van der Waals surface area contributed by atoms with Crippen LogP contribution in [0.3, 0.4) is 0 Å². The first-order valence-electron chi connectivity index (χ1n) is 20.0. The van der Waals surface area contributed by atoms with E-state index >= 15 is 0 Å². The van der Waals surface area contributed by atoms with Gasteiger partial charge in [-0.1, -0.05) is 6.92 Å². The van der Waals surface area contributed by atoms with Gasteiger partial charge in [0, 0.05) is 78.3 Å². The molecule has 4 amide bonds. The van der Waals surface area contributed by atoms with Gasteiger partial charge in [-0.25, -0.2) is 29.3 Å². The van der Waals surface area contributed by atoms with Crippen LogP contribution in [0, 0.1) is 13.8 Å². The Bertz CT molecular complexity index is 2700. The Morgan fingerprint density at radius 2 is 0.984 bits per heavy atom. The second-order valence-electron chi connectivity index (χ2n) is 14.5. The van der Waals surface area contributed by atoms with Gasteiger partial charge in [0.1, 0.15) is 42.4 Å². The number of methoxy groups -OCH3 is 3. The Kier molecular flexibility index (Phi) is 12.8. The third-order valence-electron chi connectivity index (χ3n) is 10.7. The van der Waals surface area contributed by atoms with Crippen molar-refractivity contribution in [1.29, 1.82) is 0 Å². The number of H-pyrrole nitrogens is 2. The number of nitrogens with zero attached hydrogens (tertiary/aromatic N) is 12. The van der Waals surface area contributed by atoms with Gasteiger partial charge < -0.3 is 43.8 Å². The molecule has 2 aliphatic rings. The van der Waals surface area contributed by atoms with Crippen molar-refractivity contribution < 1.29 is 43.0 Å². The first-order chi connectivity index (χ1) is 30.4. The van der Waals surface area contributed by atoms with E-state index in [0.29, 0.717) is 102 Å². The molecule has 2 N–H and O–H groups in total. The predicted octanol–water partition coefficient (Wildman–Crippen LogP) is 0.685. The second-order valence-corrected chi connectivity index (χ2v) is 14.5. The zero-order valence-electron chi connectivity index (χ0n) is 35.6. The summed E-state index contributed by atoms with van der Waals surface area (Å²) in [5.41, 5.74) is 1.39. The third-order valence-corrected chi connectivity index (χ3v) is 10.7. The number of nitrogens with one attached hydrogen (secondary N) is 2. The van der Waals surface area contributed by atoms with E-state index < -0.39 is 23.4 Å². The number of Topliss-reactive ketones (excluding diaryl/α,β-unsaturated/α-hetero) is 2. The normalized spacial score (nSPS) is 14.1. The number of ether oxygens (including phenoxy) is 3. The lowest BCUT2D eigenvalue weighted by molar-refractivity contribution is -0.140. The summed E-state index contributed by atoms with van der Waals surface area (Å²) in [5, 5.41) is 9.43. The molecule has 2 saturated heterocycles. The molecule has 2 fully saturated rings. The van der Waals surface area contributed by atoms with E-state index in [2.05, 4.69) is 40.1 Å². The van der Waals surface area contributed by atoms with Crippen LogP contribution in [0.4, 0.5) is 0 Å². The van der Waals surface area contributed by atoms with Crippen LogP contribution in [0.5, 0.6) is 11.5 Å². The van der Waals surface area contributed by atoms with E-state index in [1.54, 1.807) is 30.6 Å². The van der Waals surface area contributed by atoms with Gasteiger partial charge in [0.2, 0.25) is 11.8 Å². The fraction of sp³-hybridized carbons (Fsp3) is 0.400. The minimum atomic E-state index is -0.668. The van der Waals surface area contributed by atoms with Gasteiger partial charge in [-0.05, 0) is 13.8 Å². The molecule has 23 heteroatoms. The van der Waals surface area contributed by atoms with Crippen molar-refractivity contribution in [2.24, 2.45) is 0 Å². The molecule has 8 rings (SSSR count). The molecule has 8 heterocycles. The molecule has 0 aliphatic carbocycles. The van der Waals surface area contributed by atoms with Crippen molar-refractivity contribution in [2.45, 2.75) is 27.2 Å². The average Bonchev–Trinajstić information content (AvgIpc) is 4.15. The van der Waals surface area contributed by atoms with Crippen molar-refractivity contribution in [3.63, 3.8) is 0 Å². The highest BCUT2D eigenvalue weighted by Gasteiger charge is 2.33. The molecule has 2 aliphatic heterocycles. The summed E-state index contributed by atoms with van der Waals surface area (Å²) in [6, 6.07) is 0. The lowest BCUT2D eigenvalue weighted by Gasteiger charge is -2.34. The number of ketones is 2. The van der Waals surface area contributed by atoms with Gasteiger partial charge in [-0.2, -0.15) is 10.2 Å². The first-order valence-corrected chi connectivity index (χ1v) is 20.0. The number of aromatic nitrogens is 10. The summed E-state index contributed by atoms with van der Waals surface area (Å²) in [7, 11) is 4.40. The van der Waals surface area contributed by atoms with E-state index in [1.807, 2.05) is 0 Å². The molecule has 0 bridgehead atoms. The van der Waals surface area contributed by atoms with Crippen molar-refractivity contribution in [3.8, 4) is 23.1 Å². The molecule has 63 heavy (non-hydrogen) atoms. The van der Waals surface area contributed by atoms with E-state index in [9.17, 15) is 28.8 Å². The van der Waals surface area contributed by atoms with Crippen LogP contribution in [0.2, 0.25) is 0 Å². The Balaban J connectivity index is 0.000000189. The minimum Gasteiger partial charge on any atom is -0.494 e. The fourth-order valence-corrected chi connectivity index (χ4v) is 7.39. The maximum atomic E-state index is 13.1. The van der Waals surface area contributed by atoms with Gasteiger partial charge in [-0.3, -0.25) is 28.8 Å². The summed E-state index contributed by atoms with van der Waals surface area (Å²) in [5.74, 6) is 0.0699. The Morgan fingerprint density at radius 1 is 0.587 bits per heavy atom. The van der Waals surface area contributed by atoms with Crippen molar-refractivity contribution >= 4 is 57.0 Å². The predicted molar refractivity (Wildman–Crippen MR) is 222 cm³/mol. The summed E-state index contributed by atoms with van der Waals surface area (Å²) < 4.78 is 18.6. The average molecular weight is 867 g/mol. The molecule has 0 atom stereocenters. The quantitative estimate of drug-likeness (QED) is 0.134. The van der Waals surface area contributed by atoms with E-state index in [4.69, 9.17) is 14.2 Å². The van der Waals surface area contributed by atoms with Crippen molar-refractivity contribution in [2.75, 3.05) is 80.3 Å². The van der Waals surface area contributed by atoms with Crippen LogP contribution in [0.15, 0.2) is 37.4 Å². The van der Waals surface area contributed by atoms with Crippen LogP contribution < -0.4 is 9.47 Å². The van der Waals surface area contributed by atoms with Crippen LogP contribution in [-0.4, -0.2) is 185 Å². The van der Waals surface area contributed by atoms with Gasteiger partial charge in [0.25, 0.3) is 23.4 Å². The summed E-state index contributed by atoms with van der Waals surface area (Å²) in [6.07, 6.45) is 9.38. The van der Waals surface area contributed by atoms with E-state index in [1.165, 1.54) is 77.9 Å². The molecule has 6 aromatic heterocycles. The molecule has 0 unspecified atom stereocenters. The highest BCUT2D eigenvalue weighted by atomic mass is 16.5. The van der Waals surface area contributed by atoms with Crippen molar-refractivity contribution in [1.82, 2.24) is 69.1 Å². The number of piperazine rings is 2. The number of hydrogen-bond acceptors (Lipinski definition) is 15. The lowest BCUT2D eigenvalue weighted by atomic mass is 10.1. The molecule has 0 radical (unpaired) electrons. The Labute approximate surface area is 359 Å². The molecular formula is C40H46N14O9. The van der Waals surface area contributed by atoms with E-state index in [0.717, 1.165) is 0 Å². The fourth-order valence-electron chi connectivity index (χ4n) is 7.39. The number of pyridine rings is 2. The van der Waals surface area contributed by atoms with Crippen LogP contribution in [-0.2, 0) is 23.9 Å². The number of rotatable bonds is 11. The highest BCUT2D eigenvalue weighted by Crippen LogP contribution is 2.33. The van der Waals surface area contributed by atoms with Crippen LogP contribution in [0.1, 0.15) is 45.7 Å². The molecule has 6 aromatic rings. The molecule has 23 nitrogen and oxygen atoms in total.